The molecule has 1 aliphatic rings. The zero-order chi connectivity index (χ0) is 32.2. The van der Waals surface area contributed by atoms with Gasteiger partial charge < -0.3 is 45.4 Å². The Bertz CT molecular complexity index is 1380. The molecule has 1 atom stereocenters. The molecule has 12 heteroatoms. The quantitative estimate of drug-likeness (QED) is 0.181. The van der Waals surface area contributed by atoms with Gasteiger partial charge in [0, 0.05) is 63.6 Å². The molecule has 0 unspecified atom stereocenters. The second-order valence-electron chi connectivity index (χ2n) is 11.2. The molecule has 0 radical (unpaired) electrons. The average molecular weight is 624 g/mol. The Hall–Kier alpha value is -4.55. The van der Waals surface area contributed by atoms with Crippen molar-refractivity contribution >= 4 is 17.8 Å². The van der Waals surface area contributed by atoms with Crippen molar-refractivity contribution in [1.29, 1.82) is 0 Å². The molecular formula is C33H42FN5O6. The maximum atomic E-state index is 14.5. The number of likely N-dealkylation sites (tertiary alicyclic amines) is 1. The van der Waals surface area contributed by atoms with Gasteiger partial charge in [0.2, 0.25) is 0 Å². The van der Waals surface area contributed by atoms with Crippen molar-refractivity contribution in [2.24, 2.45) is 0 Å². The Kier molecular flexibility index (Phi) is 12.2. The second-order valence-corrected chi connectivity index (χ2v) is 11.2. The molecule has 242 valence electrons. The Morgan fingerprint density at radius 2 is 1.71 bits per heavy atom. The molecule has 1 fully saturated rings. The molecule has 4 rings (SSSR count). The first kappa shape index (κ1) is 33.3. The Morgan fingerprint density at radius 1 is 1.02 bits per heavy atom. The highest BCUT2D eigenvalue weighted by atomic mass is 19.1. The smallest absolute Gasteiger partial charge is 0.414 e. The molecule has 45 heavy (non-hydrogen) atoms. The van der Waals surface area contributed by atoms with Gasteiger partial charge in [0.05, 0.1) is 0 Å². The lowest BCUT2D eigenvalue weighted by molar-refractivity contribution is 0.106. The number of rotatable bonds is 13. The summed E-state index contributed by atoms with van der Waals surface area (Å²) in [6, 6.07) is 18.8. The van der Waals surface area contributed by atoms with Crippen molar-refractivity contribution in [2.75, 3.05) is 52.2 Å². The Balaban J connectivity index is 1.10. The molecule has 3 aromatic carbocycles. The molecule has 1 heterocycles. The number of ether oxygens (including phenoxy) is 2. The Morgan fingerprint density at radius 3 is 2.38 bits per heavy atom. The third kappa shape index (κ3) is 10.8. The van der Waals surface area contributed by atoms with E-state index in [0.717, 1.165) is 31.0 Å². The van der Waals surface area contributed by atoms with Gasteiger partial charge in [-0.3, -0.25) is 0 Å². The van der Waals surface area contributed by atoms with Gasteiger partial charge in [0.25, 0.3) is 0 Å². The molecule has 1 aliphatic heterocycles. The van der Waals surface area contributed by atoms with Gasteiger partial charge in [-0.15, -0.1) is 0 Å². The number of amides is 3. The van der Waals surface area contributed by atoms with Crippen LogP contribution in [0.5, 0.6) is 17.2 Å². The van der Waals surface area contributed by atoms with E-state index in [-0.39, 0.29) is 36.7 Å². The fraction of sp³-hybridized carbons (Fsp3) is 0.394. The van der Waals surface area contributed by atoms with E-state index >= 15 is 0 Å². The lowest BCUT2D eigenvalue weighted by Gasteiger charge is -2.33. The first-order chi connectivity index (χ1) is 21.7. The molecule has 11 nitrogen and oxygen atoms in total. The summed E-state index contributed by atoms with van der Waals surface area (Å²) < 4.78 is 25.1. The minimum absolute atomic E-state index is 0.0304. The Labute approximate surface area is 262 Å². The average Bonchev–Trinajstić information content (AvgIpc) is 3.03. The predicted molar refractivity (Wildman–Crippen MR) is 169 cm³/mol. The van der Waals surface area contributed by atoms with Crippen LogP contribution in [0.2, 0.25) is 0 Å². The number of hydrogen-bond acceptors (Lipinski definition) is 8. The minimum atomic E-state index is -0.647. The number of urea groups is 1. The van der Waals surface area contributed by atoms with Crippen molar-refractivity contribution in [1.82, 2.24) is 20.4 Å². The third-order valence-corrected chi connectivity index (χ3v) is 7.38. The normalized spacial score (nSPS) is 14.0. The van der Waals surface area contributed by atoms with Crippen molar-refractivity contribution in [3.8, 4) is 17.2 Å². The van der Waals surface area contributed by atoms with E-state index in [0.29, 0.717) is 37.5 Å². The molecule has 0 bridgehead atoms. The van der Waals surface area contributed by atoms with E-state index in [4.69, 9.17) is 9.47 Å². The molecule has 0 aromatic heterocycles. The zero-order valence-corrected chi connectivity index (χ0v) is 25.7. The lowest BCUT2D eigenvalue weighted by atomic mass is 10.0. The van der Waals surface area contributed by atoms with Crippen LogP contribution in [0.25, 0.3) is 0 Å². The molecular weight excluding hydrogens is 581 g/mol. The summed E-state index contributed by atoms with van der Waals surface area (Å²) in [5.41, 5.74) is 2.50. The summed E-state index contributed by atoms with van der Waals surface area (Å²) in [6.45, 7) is 2.49. The van der Waals surface area contributed by atoms with Crippen LogP contribution in [-0.4, -0.2) is 91.2 Å². The number of piperidine rings is 1. The summed E-state index contributed by atoms with van der Waals surface area (Å²) in [6.07, 6.45) is 1.15. The van der Waals surface area contributed by atoms with Gasteiger partial charge in [0.15, 0.2) is 0 Å². The van der Waals surface area contributed by atoms with Crippen LogP contribution in [0.3, 0.4) is 0 Å². The number of aliphatic hydroxyl groups excluding tert-OH is 1. The summed E-state index contributed by atoms with van der Waals surface area (Å²) >= 11 is 0. The third-order valence-electron chi connectivity index (χ3n) is 7.38. The second kappa shape index (κ2) is 16.5. The molecule has 3 amide bonds. The highest BCUT2D eigenvalue weighted by Crippen LogP contribution is 2.20. The van der Waals surface area contributed by atoms with Gasteiger partial charge in [-0.25, -0.2) is 14.0 Å². The molecule has 5 N–H and O–H groups in total. The van der Waals surface area contributed by atoms with Crippen molar-refractivity contribution in [3.63, 3.8) is 0 Å². The van der Waals surface area contributed by atoms with Gasteiger partial charge >= 0.3 is 12.1 Å². The van der Waals surface area contributed by atoms with Crippen LogP contribution in [0.1, 0.15) is 24.0 Å². The molecule has 0 saturated carbocycles. The summed E-state index contributed by atoms with van der Waals surface area (Å²) in [5.74, 6) is 0.304. The maximum Gasteiger partial charge on any atom is 0.414 e. The number of carbonyl (C=O) groups excluding carboxylic acids is 2. The monoisotopic (exact) mass is 623 g/mol. The lowest BCUT2D eigenvalue weighted by Crippen LogP contribution is -2.46. The number of phenols is 1. The number of phenolic OH excluding ortho intramolecular Hbond substituents is 1. The fourth-order valence-corrected chi connectivity index (χ4v) is 4.73. The first-order valence-corrected chi connectivity index (χ1v) is 15.0. The van der Waals surface area contributed by atoms with Crippen LogP contribution < -0.4 is 25.4 Å². The number of benzene rings is 3. The summed E-state index contributed by atoms with van der Waals surface area (Å²) in [7, 11) is 3.08. The van der Waals surface area contributed by atoms with E-state index in [2.05, 4.69) is 40.2 Å². The van der Waals surface area contributed by atoms with Crippen LogP contribution in [-0.2, 0) is 13.0 Å². The van der Waals surface area contributed by atoms with Crippen LogP contribution in [0, 0.1) is 5.82 Å². The standard InChI is InChI=1S/C33H42FN5O6/c1-38(2)33(43)45-30-10-5-24(31(34)19-30)20-36-32(42)39-17-14-26(15-18-39)37-25-6-3-23(4-7-25)13-16-35-21-28(41)22-44-29-11-8-27(40)9-12-29/h3-12,19,26,28,35,37,40-41H,13-18,20-22H2,1-2H3,(H,36,42)/t28-/m0/s1. The number of carbonyl (C=O) groups is 2. The highest BCUT2D eigenvalue weighted by molar-refractivity contribution is 5.74. The van der Waals surface area contributed by atoms with Crippen LogP contribution >= 0.6 is 0 Å². The van der Waals surface area contributed by atoms with Crippen molar-refractivity contribution < 1.29 is 33.7 Å². The summed E-state index contributed by atoms with van der Waals surface area (Å²) in [4.78, 5) is 27.3. The van der Waals surface area contributed by atoms with Gasteiger partial charge in [-0.1, -0.05) is 18.2 Å². The van der Waals surface area contributed by atoms with Gasteiger partial charge in [0.1, 0.15) is 35.8 Å². The predicted octanol–water partition coefficient (Wildman–Crippen LogP) is 3.95. The van der Waals surface area contributed by atoms with Crippen LogP contribution in [0.4, 0.5) is 19.7 Å². The first-order valence-electron chi connectivity index (χ1n) is 15.0. The van der Waals surface area contributed by atoms with Crippen LogP contribution in [0.15, 0.2) is 66.7 Å². The number of aromatic hydroxyl groups is 1. The molecule has 0 aliphatic carbocycles. The van der Waals surface area contributed by atoms with E-state index in [1.54, 1.807) is 17.0 Å². The van der Waals surface area contributed by atoms with E-state index in [9.17, 15) is 24.2 Å². The molecule has 1 saturated heterocycles. The highest BCUT2D eigenvalue weighted by Gasteiger charge is 2.23. The van der Waals surface area contributed by atoms with E-state index < -0.39 is 18.0 Å². The van der Waals surface area contributed by atoms with Gasteiger partial charge in [-0.2, -0.15) is 0 Å². The zero-order valence-electron chi connectivity index (χ0n) is 25.7. The number of hydrogen-bond donors (Lipinski definition) is 5. The van der Waals surface area contributed by atoms with Crippen molar-refractivity contribution in [2.45, 2.75) is 38.0 Å². The number of nitrogens with zero attached hydrogens (tertiary/aromatic N) is 2. The largest absolute Gasteiger partial charge is 0.508 e. The fourth-order valence-electron chi connectivity index (χ4n) is 4.73. The topological polar surface area (TPSA) is 136 Å². The maximum absolute atomic E-state index is 14.5. The number of nitrogens with one attached hydrogen (secondary N) is 3. The number of aliphatic hydroxyl groups is 1. The van der Waals surface area contributed by atoms with E-state index in [1.165, 1.54) is 48.8 Å². The molecule has 3 aromatic rings. The minimum Gasteiger partial charge on any atom is -0.508 e. The van der Waals surface area contributed by atoms with Gasteiger partial charge in [-0.05, 0) is 73.8 Å². The van der Waals surface area contributed by atoms with Crippen molar-refractivity contribution in [3.05, 3.63) is 83.7 Å². The van der Waals surface area contributed by atoms with E-state index in [1.807, 2.05) is 0 Å². The number of anilines is 1. The number of halogens is 1. The SMILES string of the molecule is CN(C)C(=O)Oc1ccc(CNC(=O)N2CCC(Nc3ccc(CCNC[C@H](O)COc4ccc(O)cc4)cc3)CC2)c(F)c1. The molecule has 0 spiro atoms. The summed E-state index contributed by atoms with van der Waals surface area (Å²) in [5, 5.41) is 29.0.